The fourth-order valence-electron chi connectivity index (χ4n) is 3.51. The number of benzene rings is 3. The fraction of sp³-hybridized carbons (Fsp3) is 0. The standard InChI is InChI=1S/C24H15BrN2/c25-18-11-8-17(9-12-18)20-15-23(21-7-3-4-14-26-21)27-22-13-10-16-5-1-2-6-19(16)24(20)22/h1-15H. The summed E-state index contributed by atoms with van der Waals surface area (Å²) in [7, 11) is 0. The first-order valence-electron chi connectivity index (χ1n) is 8.79. The molecule has 0 unspecified atom stereocenters. The van der Waals surface area contributed by atoms with E-state index in [9.17, 15) is 0 Å². The minimum Gasteiger partial charge on any atom is -0.255 e. The van der Waals surface area contributed by atoms with Gasteiger partial charge in [-0.05, 0) is 58.3 Å². The fourth-order valence-corrected chi connectivity index (χ4v) is 3.77. The lowest BCUT2D eigenvalue weighted by atomic mass is 9.95. The lowest BCUT2D eigenvalue weighted by Crippen LogP contribution is -1.92. The molecule has 27 heavy (non-hydrogen) atoms. The highest BCUT2D eigenvalue weighted by molar-refractivity contribution is 9.10. The van der Waals surface area contributed by atoms with Gasteiger partial charge in [0.2, 0.25) is 0 Å². The second kappa shape index (κ2) is 6.60. The molecule has 0 bridgehead atoms. The molecule has 0 atom stereocenters. The summed E-state index contributed by atoms with van der Waals surface area (Å²) in [5.74, 6) is 0. The van der Waals surface area contributed by atoms with Crippen LogP contribution in [0.25, 0.3) is 44.2 Å². The molecule has 3 aromatic carbocycles. The van der Waals surface area contributed by atoms with Crippen molar-refractivity contribution in [1.82, 2.24) is 9.97 Å². The minimum atomic E-state index is 0.880. The summed E-state index contributed by atoms with van der Waals surface area (Å²) in [6.45, 7) is 0. The highest BCUT2D eigenvalue weighted by atomic mass is 79.9. The third kappa shape index (κ3) is 2.90. The number of pyridine rings is 2. The van der Waals surface area contributed by atoms with Crippen LogP contribution < -0.4 is 0 Å². The second-order valence-corrected chi connectivity index (χ2v) is 7.37. The van der Waals surface area contributed by atoms with Gasteiger partial charge in [0.15, 0.2) is 0 Å². The van der Waals surface area contributed by atoms with E-state index in [2.05, 4.69) is 87.6 Å². The van der Waals surface area contributed by atoms with Crippen LogP contribution in [0.1, 0.15) is 0 Å². The quantitative estimate of drug-likeness (QED) is 0.296. The van der Waals surface area contributed by atoms with Gasteiger partial charge in [0, 0.05) is 16.1 Å². The molecule has 3 heteroatoms. The van der Waals surface area contributed by atoms with Crippen molar-refractivity contribution in [3.8, 4) is 22.5 Å². The van der Waals surface area contributed by atoms with Crippen molar-refractivity contribution in [2.24, 2.45) is 0 Å². The minimum absolute atomic E-state index is 0.880. The van der Waals surface area contributed by atoms with Crippen molar-refractivity contribution in [2.45, 2.75) is 0 Å². The highest BCUT2D eigenvalue weighted by Crippen LogP contribution is 2.36. The van der Waals surface area contributed by atoms with Crippen LogP contribution in [0.5, 0.6) is 0 Å². The van der Waals surface area contributed by atoms with E-state index in [1.807, 2.05) is 18.2 Å². The van der Waals surface area contributed by atoms with Crippen molar-refractivity contribution < 1.29 is 0 Å². The van der Waals surface area contributed by atoms with E-state index in [-0.39, 0.29) is 0 Å². The first-order valence-corrected chi connectivity index (χ1v) is 9.59. The molecule has 0 fully saturated rings. The Hall–Kier alpha value is -3.04. The van der Waals surface area contributed by atoms with Crippen LogP contribution >= 0.6 is 15.9 Å². The highest BCUT2D eigenvalue weighted by Gasteiger charge is 2.13. The van der Waals surface area contributed by atoms with E-state index in [0.29, 0.717) is 0 Å². The van der Waals surface area contributed by atoms with Crippen LogP contribution in [-0.2, 0) is 0 Å². The molecule has 0 N–H and O–H groups in total. The molecular weight excluding hydrogens is 396 g/mol. The molecule has 5 rings (SSSR count). The van der Waals surface area contributed by atoms with Gasteiger partial charge in [0.25, 0.3) is 0 Å². The molecule has 0 aliphatic carbocycles. The molecule has 2 nitrogen and oxygen atoms in total. The smallest absolute Gasteiger partial charge is 0.0900 e. The Morgan fingerprint density at radius 3 is 2.33 bits per heavy atom. The average molecular weight is 411 g/mol. The molecule has 2 aromatic heterocycles. The third-order valence-corrected chi connectivity index (χ3v) is 5.31. The van der Waals surface area contributed by atoms with Gasteiger partial charge in [-0.1, -0.05) is 64.5 Å². The van der Waals surface area contributed by atoms with Gasteiger partial charge in [0.05, 0.1) is 16.9 Å². The lowest BCUT2D eigenvalue weighted by molar-refractivity contribution is 1.28. The molecule has 0 saturated heterocycles. The van der Waals surface area contributed by atoms with Crippen molar-refractivity contribution in [2.75, 3.05) is 0 Å². The van der Waals surface area contributed by atoms with Crippen molar-refractivity contribution in [3.63, 3.8) is 0 Å². The summed E-state index contributed by atoms with van der Waals surface area (Å²) in [4.78, 5) is 9.42. The average Bonchev–Trinajstić information content (AvgIpc) is 2.74. The van der Waals surface area contributed by atoms with Crippen LogP contribution in [0.15, 0.2) is 95.6 Å². The van der Waals surface area contributed by atoms with E-state index in [1.54, 1.807) is 6.20 Å². The van der Waals surface area contributed by atoms with Crippen LogP contribution in [0.2, 0.25) is 0 Å². The number of halogens is 1. The van der Waals surface area contributed by atoms with Crippen LogP contribution in [-0.4, -0.2) is 9.97 Å². The number of nitrogens with zero attached hydrogens (tertiary/aromatic N) is 2. The maximum atomic E-state index is 4.93. The molecule has 2 heterocycles. The number of fused-ring (bicyclic) bond motifs is 3. The maximum absolute atomic E-state index is 4.93. The summed E-state index contributed by atoms with van der Waals surface area (Å²) in [6.07, 6.45) is 1.81. The topological polar surface area (TPSA) is 25.8 Å². The summed E-state index contributed by atoms with van der Waals surface area (Å²) in [5, 5.41) is 3.61. The molecule has 0 aliphatic heterocycles. The zero-order valence-electron chi connectivity index (χ0n) is 14.4. The number of aromatic nitrogens is 2. The van der Waals surface area contributed by atoms with Crippen molar-refractivity contribution in [1.29, 1.82) is 0 Å². The van der Waals surface area contributed by atoms with Crippen LogP contribution in [0.4, 0.5) is 0 Å². The van der Waals surface area contributed by atoms with Crippen LogP contribution in [0, 0.1) is 0 Å². The second-order valence-electron chi connectivity index (χ2n) is 6.46. The first kappa shape index (κ1) is 16.2. The Labute approximate surface area is 165 Å². The zero-order chi connectivity index (χ0) is 18.2. The SMILES string of the molecule is Brc1ccc(-c2cc(-c3ccccn3)nc3ccc4ccccc4c23)cc1. The Balaban J connectivity index is 1.90. The molecule has 0 aliphatic rings. The van der Waals surface area contributed by atoms with Gasteiger partial charge in [-0.3, -0.25) is 4.98 Å². The Morgan fingerprint density at radius 1 is 0.704 bits per heavy atom. The van der Waals surface area contributed by atoms with Crippen molar-refractivity contribution in [3.05, 3.63) is 95.6 Å². The lowest BCUT2D eigenvalue weighted by Gasteiger charge is -2.12. The molecule has 0 saturated carbocycles. The molecule has 0 amide bonds. The van der Waals surface area contributed by atoms with E-state index < -0.39 is 0 Å². The zero-order valence-corrected chi connectivity index (χ0v) is 16.0. The van der Waals surface area contributed by atoms with E-state index in [1.165, 1.54) is 27.3 Å². The number of hydrogen-bond donors (Lipinski definition) is 0. The number of hydrogen-bond acceptors (Lipinski definition) is 2. The number of rotatable bonds is 2. The third-order valence-electron chi connectivity index (χ3n) is 4.78. The maximum Gasteiger partial charge on any atom is 0.0900 e. The molecule has 0 spiro atoms. The molecule has 0 radical (unpaired) electrons. The summed E-state index contributed by atoms with van der Waals surface area (Å²) in [5.41, 5.74) is 5.08. The predicted octanol–water partition coefficient (Wildman–Crippen LogP) is 6.88. The van der Waals surface area contributed by atoms with E-state index in [4.69, 9.17) is 4.98 Å². The first-order chi connectivity index (χ1) is 13.3. The summed E-state index contributed by atoms with van der Waals surface area (Å²) >= 11 is 3.54. The summed E-state index contributed by atoms with van der Waals surface area (Å²) in [6, 6.07) is 29.2. The monoisotopic (exact) mass is 410 g/mol. The molecule has 5 aromatic rings. The van der Waals surface area contributed by atoms with Gasteiger partial charge in [0.1, 0.15) is 0 Å². The normalized spacial score (nSPS) is 11.1. The Morgan fingerprint density at radius 2 is 1.52 bits per heavy atom. The molecule has 128 valence electrons. The Bertz CT molecular complexity index is 1260. The van der Waals surface area contributed by atoms with Gasteiger partial charge in [-0.25, -0.2) is 4.98 Å². The van der Waals surface area contributed by atoms with Gasteiger partial charge in [-0.2, -0.15) is 0 Å². The van der Waals surface area contributed by atoms with E-state index >= 15 is 0 Å². The Kier molecular flexibility index (Phi) is 3.95. The van der Waals surface area contributed by atoms with Gasteiger partial charge < -0.3 is 0 Å². The van der Waals surface area contributed by atoms with E-state index in [0.717, 1.165) is 21.4 Å². The predicted molar refractivity (Wildman–Crippen MR) is 116 cm³/mol. The summed E-state index contributed by atoms with van der Waals surface area (Å²) < 4.78 is 1.07. The largest absolute Gasteiger partial charge is 0.255 e. The van der Waals surface area contributed by atoms with Crippen molar-refractivity contribution >= 4 is 37.6 Å². The molecular formula is C24H15BrN2. The van der Waals surface area contributed by atoms with Gasteiger partial charge in [-0.15, -0.1) is 0 Å². The van der Waals surface area contributed by atoms with Crippen LogP contribution in [0.3, 0.4) is 0 Å². The van der Waals surface area contributed by atoms with Gasteiger partial charge >= 0.3 is 0 Å².